The number of nitrogens with zero attached hydrogens (tertiary/aromatic N) is 1. The first-order valence-corrected chi connectivity index (χ1v) is 7.04. The molecule has 22 heavy (non-hydrogen) atoms. The average Bonchev–Trinajstić information content (AvgIpc) is 2.73. The number of benzene rings is 1. The van der Waals surface area contributed by atoms with E-state index in [1.807, 2.05) is 12.2 Å². The van der Waals surface area contributed by atoms with E-state index in [9.17, 15) is 22.8 Å². The third kappa shape index (κ3) is 2.53. The van der Waals surface area contributed by atoms with E-state index in [0.29, 0.717) is 18.4 Å². The van der Waals surface area contributed by atoms with Gasteiger partial charge in [-0.1, -0.05) is 24.3 Å². The lowest BCUT2D eigenvalue weighted by molar-refractivity contribution is -0.141. The molecule has 0 aromatic heterocycles. The van der Waals surface area contributed by atoms with Crippen LogP contribution in [0, 0.1) is 11.8 Å². The van der Waals surface area contributed by atoms with Gasteiger partial charge in [0, 0.05) is 0 Å². The lowest BCUT2D eigenvalue weighted by atomic mass is 9.85. The van der Waals surface area contributed by atoms with Crippen LogP contribution in [0.15, 0.2) is 36.4 Å². The van der Waals surface area contributed by atoms with E-state index < -0.39 is 11.7 Å². The lowest BCUT2D eigenvalue weighted by Gasteiger charge is -2.15. The zero-order chi connectivity index (χ0) is 15.9. The first kappa shape index (κ1) is 14.8. The molecule has 1 saturated heterocycles. The van der Waals surface area contributed by atoms with Gasteiger partial charge in [0.15, 0.2) is 0 Å². The van der Waals surface area contributed by atoms with Crippen molar-refractivity contribution in [1.29, 1.82) is 0 Å². The van der Waals surface area contributed by atoms with Crippen LogP contribution in [0.5, 0.6) is 0 Å². The van der Waals surface area contributed by atoms with E-state index in [0.717, 1.165) is 12.1 Å². The van der Waals surface area contributed by atoms with Gasteiger partial charge in [0.25, 0.3) is 0 Å². The molecule has 0 N–H and O–H groups in total. The Bertz CT molecular complexity index is 608. The Morgan fingerprint density at radius 3 is 1.91 bits per heavy atom. The fourth-order valence-electron chi connectivity index (χ4n) is 3.01. The van der Waals surface area contributed by atoms with Crippen LogP contribution >= 0.6 is 0 Å². The van der Waals surface area contributed by atoms with Crippen molar-refractivity contribution in [3.05, 3.63) is 47.5 Å². The largest absolute Gasteiger partial charge is 0.416 e. The Morgan fingerprint density at radius 1 is 0.955 bits per heavy atom. The summed E-state index contributed by atoms with van der Waals surface area (Å²) in [4.78, 5) is 25.7. The first-order chi connectivity index (χ1) is 10.4. The summed E-state index contributed by atoms with van der Waals surface area (Å²) in [7, 11) is 0. The molecule has 116 valence electrons. The van der Waals surface area contributed by atoms with Gasteiger partial charge in [0.05, 0.1) is 23.9 Å². The van der Waals surface area contributed by atoms with Crippen molar-refractivity contribution < 1.29 is 22.8 Å². The van der Waals surface area contributed by atoms with Crippen LogP contribution in [0.3, 0.4) is 0 Å². The maximum absolute atomic E-state index is 12.5. The van der Waals surface area contributed by atoms with Gasteiger partial charge in [-0.2, -0.15) is 13.2 Å². The van der Waals surface area contributed by atoms with Crippen LogP contribution < -0.4 is 0 Å². The molecule has 0 spiro atoms. The minimum Gasteiger partial charge on any atom is -0.278 e. The van der Waals surface area contributed by atoms with Gasteiger partial charge >= 0.3 is 6.18 Å². The minimum atomic E-state index is -4.39. The number of hydrogen-bond donors (Lipinski definition) is 0. The molecule has 1 fully saturated rings. The molecule has 1 aromatic rings. The second-order valence-electron chi connectivity index (χ2n) is 5.61. The van der Waals surface area contributed by atoms with Gasteiger partial charge in [-0.05, 0) is 30.5 Å². The van der Waals surface area contributed by atoms with E-state index in [1.54, 1.807) is 0 Å². The normalized spacial score (nSPS) is 24.8. The van der Waals surface area contributed by atoms with Crippen molar-refractivity contribution in [1.82, 2.24) is 4.90 Å². The fourth-order valence-corrected chi connectivity index (χ4v) is 3.01. The number of hydrogen-bond acceptors (Lipinski definition) is 2. The summed E-state index contributed by atoms with van der Waals surface area (Å²) < 4.78 is 37.6. The van der Waals surface area contributed by atoms with Crippen molar-refractivity contribution in [2.24, 2.45) is 11.8 Å². The number of fused-ring (bicyclic) bond motifs is 1. The summed E-state index contributed by atoms with van der Waals surface area (Å²) in [5.74, 6) is -1.07. The zero-order valence-electron chi connectivity index (χ0n) is 11.6. The highest BCUT2D eigenvalue weighted by Crippen LogP contribution is 2.36. The summed E-state index contributed by atoms with van der Waals surface area (Å²) in [6, 6.07) is 4.55. The van der Waals surface area contributed by atoms with Crippen molar-refractivity contribution >= 4 is 11.8 Å². The molecule has 1 aliphatic heterocycles. The Morgan fingerprint density at radius 2 is 1.45 bits per heavy atom. The topological polar surface area (TPSA) is 37.4 Å². The van der Waals surface area contributed by atoms with Gasteiger partial charge in [0.1, 0.15) is 0 Å². The molecule has 1 aromatic carbocycles. The molecule has 2 aliphatic rings. The molecule has 0 saturated carbocycles. The highest BCUT2D eigenvalue weighted by Gasteiger charge is 2.46. The highest BCUT2D eigenvalue weighted by atomic mass is 19.4. The maximum Gasteiger partial charge on any atom is 0.416 e. The van der Waals surface area contributed by atoms with Gasteiger partial charge in [-0.25, -0.2) is 0 Å². The number of carbonyl (C=O) groups excluding carboxylic acids is 2. The molecule has 3 rings (SSSR count). The van der Waals surface area contributed by atoms with E-state index in [-0.39, 0.29) is 30.2 Å². The monoisotopic (exact) mass is 309 g/mol. The van der Waals surface area contributed by atoms with Crippen LogP contribution in [-0.2, 0) is 22.3 Å². The standard InChI is InChI=1S/C16H14F3NO2/c17-16(18,19)11-7-5-10(6-8-11)9-20-14(21)12-3-1-2-4-13(12)15(20)22/h1-2,5-8,12-13H,3-4,9H2. The summed E-state index contributed by atoms with van der Waals surface area (Å²) in [6.07, 6.45) is 0.512. The van der Waals surface area contributed by atoms with Crippen molar-refractivity contribution in [3.8, 4) is 0 Å². The molecule has 2 amide bonds. The SMILES string of the molecule is O=C1C2CC=CCC2C(=O)N1Cc1ccc(C(F)(F)F)cc1. The summed E-state index contributed by atoms with van der Waals surface area (Å²) in [6.45, 7) is 0.0306. The number of halogens is 3. The fraction of sp³-hybridized carbons (Fsp3) is 0.375. The van der Waals surface area contributed by atoms with Crippen molar-refractivity contribution in [2.75, 3.05) is 0 Å². The Balaban J connectivity index is 1.76. The lowest BCUT2D eigenvalue weighted by Crippen LogP contribution is -2.30. The molecular formula is C16H14F3NO2. The third-order valence-corrected chi connectivity index (χ3v) is 4.22. The van der Waals surface area contributed by atoms with Gasteiger partial charge < -0.3 is 0 Å². The molecule has 0 bridgehead atoms. The average molecular weight is 309 g/mol. The van der Waals surface area contributed by atoms with Crippen LogP contribution in [0.25, 0.3) is 0 Å². The second kappa shape index (κ2) is 5.26. The molecule has 1 heterocycles. The van der Waals surface area contributed by atoms with E-state index >= 15 is 0 Å². The van der Waals surface area contributed by atoms with Gasteiger partial charge in [-0.3, -0.25) is 14.5 Å². The first-order valence-electron chi connectivity index (χ1n) is 7.04. The summed E-state index contributed by atoms with van der Waals surface area (Å²) in [5, 5.41) is 0. The predicted octanol–water partition coefficient (Wildman–Crippen LogP) is 3.16. The number of imide groups is 1. The number of allylic oxidation sites excluding steroid dienone is 2. The maximum atomic E-state index is 12.5. The van der Waals surface area contributed by atoms with E-state index in [4.69, 9.17) is 0 Å². The van der Waals surface area contributed by atoms with Crippen LogP contribution in [0.4, 0.5) is 13.2 Å². The Hall–Kier alpha value is -2.11. The zero-order valence-corrected chi connectivity index (χ0v) is 11.6. The molecule has 6 heteroatoms. The molecule has 0 radical (unpaired) electrons. The summed E-state index contributed by atoms with van der Waals surface area (Å²) in [5.41, 5.74) is -0.227. The second-order valence-corrected chi connectivity index (χ2v) is 5.61. The number of amides is 2. The van der Waals surface area contributed by atoms with Gasteiger partial charge in [0.2, 0.25) is 11.8 Å². The molecular weight excluding hydrogens is 295 g/mol. The Kier molecular flexibility index (Phi) is 3.54. The van der Waals surface area contributed by atoms with Crippen molar-refractivity contribution in [3.63, 3.8) is 0 Å². The predicted molar refractivity (Wildman–Crippen MR) is 72.4 cm³/mol. The number of carbonyl (C=O) groups is 2. The smallest absolute Gasteiger partial charge is 0.278 e. The molecule has 2 atom stereocenters. The number of likely N-dealkylation sites (tertiary alicyclic amines) is 1. The van der Waals surface area contributed by atoms with E-state index in [2.05, 4.69) is 0 Å². The Labute approximate surface area is 125 Å². The van der Waals surface area contributed by atoms with Crippen LogP contribution in [0.2, 0.25) is 0 Å². The number of alkyl halides is 3. The minimum absolute atomic E-state index is 0.0306. The van der Waals surface area contributed by atoms with Gasteiger partial charge in [-0.15, -0.1) is 0 Å². The molecule has 1 aliphatic carbocycles. The van der Waals surface area contributed by atoms with Crippen LogP contribution in [-0.4, -0.2) is 16.7 Å². The summed E-state index contributed by atoms with van der Waals surface area (Å²) >= 11 is 0. The van der Waals surface area contributed by atoms with E-state index in [1.165, 1.54) is 17.0 Å². The van der Waals surface area contributed by atoms with Crippen molar-refractivity contribution in [2.45, 2.75) is 25.6 Å². The molecule has 3 nitrogen and oxygen atoms in total. The third-order valence-electron chi connectivity index (χ3n) is 4.22. The quantitative estimate of drug-likeness (QED) is 0.621. The highest BCUT2D eigenvalue weighted by molar-refractivity contribution is 6.05. The van der Waals surface area contributed by atoms with Crippen LogP contribution in [0.1, 0.15) is 24.0 Å². The molecule has 2 unspecified atom stereocenters. The number of rotatable bonds is 2.